The van der Waals surface area contributed by atoms with Gasteiger partial charge in [-0.3, -0.25) is 24.1 Å². The standard InChI is InChI=1S/C17H19N3O5/c1-10(2)20-16(24)15(23)19(17(20)25)9-14(22)13-6-4-12(5-7-13)8-18-11(3)21/h4-7,10H,8-9H2,1-3H3,(H,18,21). The van der Waals surface area contributed by atoms with Crippen LogP contribution in [0.1, 0.15) is 36.7 Å². The van der Waals surface area contributed by atoms with Crippen LogP contribution in [0.4, 0.5) is 4.79 Å². The van der Waals surface area contributed by atoms with Gasteiger partial charge in [0.15, 0.2) is 5.78 Å². The molecule has 0 aromatic heterocycles. The van der Waals surface area contributed by atoms with Gasteiger partial charge in [-0.25, -0.2) is 9.69 Å². The monoisotopic (exact) mass is 345 g/mol. The minimum absolute atomic E-state index is 0.161. The Hall–Kier alpha value is -3.03. The number of nitrogens with one attached hydrogen (secondary N) is 1. The van der Waals surface area contributed by atoms with E-state index < -0.39 is 36.2 Å². The van der Waals surface area contributed by atoms with Gasteiger partial charge < -0.3 is 5.32 Å². The zero-order valence-corrected chi connectivity index (χ0v) is 14.2. The van der Waals surface area contributed by atoms with Crippen LogP contribution in [-0.2, 0) is 20.9 Å². The maximum atomic E-state index is 12.3. The highest BCUT2D eigenvalue weighted by Crippen LogP contribution is 2.16. The van der Waals surface area contributed by atoms with Crippen molar-refractivity contribution in [2.45, 2.75) is 33.4 Å². The van der Waals surface area contributed by atoms with E-state index in [2.05, 4.69) is 5.32 Å². The molecule has 1 fully saturated rings. The second-order valence-corrected chi connectivity index (χ2v) is 5.97. The molecule has 8 nitrogen and oxygen atoms in total. The van der Waals surface area contributed by atoms with Crippen molar-refractivity contribution in [2.75, 3.05) is 6.54 Å². The molecule has 1 heterocycles. The summed E-state index contributed by atoms with van der Waals surface area (Å²) in [5.74, 6) is -2.52. The molecule has 0 saturated carbocycles. The van der Waals surface area contributed by atoms with E-state index in [9.17, 15) is 24.0 Å². The largest absolute Gasteiger partial charge is 0.352 e. The minimum atomic E-state index is -0.991. The number of carbonyl (C=O) groups is 5. The highest BCUT2D eigenvalue weighted by Gasteiger charge is 2.46. The van der Waals surface area contributed by atoms with E-state index in [-0.39, 0.29) is 5.91 Å². The molecule has 2 rings (SSSR count). The van der Waals surface area contributed by atoms with Gasteiger partial charge >= 0.3 is 17.8 Å². The van der Waals surface area contributed by atoms with Gasteiger partial charge in [0.05, 0.1) is 6.54 Å². The van der Waals surface area contributed by atoms with Crippen LogP contribution >= 0.6 is 0 Å². The van der Waals surface area contributed by atoms with Gasteiger partial charge in [-0.2, -0.15) is 0 Å². The van der Waals surface area contributed by atoms with Crippen molar-refractivity contribution in [2.24, 2.45) is 0 Å². The van der Waals surface area contributed by atoms with Gasteiger partial charge in [0.25, 0.3) is 0 Å². The third kappa shape index (κ3) is 3.90. The molecule has 0 unspecified atom stereocenters. The lowest BCUT2D eigenvalue weighted by Gasteiger charge is -2.18. The van der Waals surface area contributed by atoms with Crippen LogP contribution in [0.15, 0.2) is 24.3 Å². The molecule has 132 valence electrons. The summed E-state index contributed by atoms with van der Waals surface area (Å²) in [6, 6.07) is 5.20. The topological polar surface area (TPSA) is 104 Å². The molecular formula is C17H19N3O5. The maximum Gasteiger partial charge on any atom is 0.334 e. The SMILES string of the molecule is CC(=O)NCc1ccc(C(=O)CN2C(=O)C(=O)N(C(C)C)C2=O)cc1. The highest BCUT2D eigenvalue weighted by molar-refractivity contribution is 6.45. The molecule has 0 atom stereocenters. The summed E-state index contributed by atoms with van der Waals surface area (Å²) >= 11 is 0. The molecular weight excluding hydrogens is 326 g/mol. The van der Waals surface area contributed by atoms with Gasteiger partial charge in [0.2, 0.25) is 5.91 Å². The Balaban J connectivity index is 2.07. The number of benzene rings is 1. The van der Waals surface area contributed by atoms with Gasteiger partial charge in [-0.1, -0.05) is 24.3 Å². The van der Waals surface area contributed by atoms with Crippen molar-refractivity contribution in [1.82, 2.24) is 15.1 Å². The normalized spacial score (nSPS) is 14.5. The maximum absolute atomic E-state index is 12.3. The van der Waals surface area contributed by atoms with E-state index in [0.717, 1.165) is 10.5 Å². The van der Waals surface area contributed by atoms with E-state index in [4.69, 9.17) is 0 Å². The molecule has 0 radical (unpaired) electrons. The summed E-state index contributed by atoms with van der Waals surface area (Å²) in [5, 5.41) is 2.64. The first-order chi connectivity index (χ1) is 11.7. The quantitative estimate of drug-likeness (QED) is 0.464. The first kappa shape index (κ1) is 18.3. The number of urea groups is 1. The molecule has 1 aromatic rings. The number of hydrogen-bond acceptors (Lipinski definition) is 5. The van der Waals surface area contributed by atoms with Crippen molar-refractivity contribution in [3.63, 3.8) is 0 Å². The van der Waals surface area contributed by atoms with Gasteiger partial charge in [-0.05, 0) is 19.4 Å². The minimum Gasteiger partial charge on any atom is -0.352 e. The lowest BCUT2D eigenvalue weighted by molar-refractivity contribution is -0.143. The number of imide groups is 2. The fraction of sp³-hybridized carbons (Fsp3) is 0.353. The summed E-state index contributed by atoms with van der Waals surface area (Å²) in [5.41, 5.74) is 1.11. The van der Waals surface area contributed by atoms with Crippen LogP contribution in [0.25, 0.3) is 0 Å². The van der Waals surface area contributed by atoms with Crippen molar-refractivity contribution < 1.29 is 24.0 Å². The van der Waals surface area contributed by atoms with E-state index in [1.165, 1.54) is 6.92 Å². The zero-order valence-electron chi connectivity index (χ0n) is 14.2. The number of rotatable bonds is 6. The Kier molecular flexibility index (Phi) is 5.31. The number of hydrogen-bond donors (Lipinski definition) is 1. The van der Waals surface area contributed by atoms with Crippen LogP contribution in [-0.4, -0.2) is 51.9 Å². The Morgan fingerprint density at radius 2 is 1.64 bits per heavy atom. The molecule has 1 aliphatic heterocycles. The lowest BCUT2D eigenvalue weighted by Crippen LogP contribution is -2.39. The number of ketones is 1. The molecule has 5 amide bonds. The summed E-state index contributed by atoms with van der Waals surface area (Å²) in [4.78, 5) is 60.6. The third-order valence-electron chi connectivity index (χ3n) is 3.72. The predicted molar refractivity (Wildman–Crippen MR) is 87.4 cm³/mol. The van der Waals surface area contributed by atoms with Crippen LogP contribution in [0.5, 0.6) is 0 Å². The summed E-state index contributed by atoms with van der Waals surface area (Å²) in [6.07, 6.45) is 0. The predicted octanol–water partition coefficient (Wildman–Crippen LogP) is 0.705. The molecule has 0 aliphatic carbocycles. The van der Waals surface area contributed by atoms with Crippen molar-refractivity contribution in [3.05, 3.63) is 35.4 Å². The number of Topliss-reactive ketones (excluding diaryl/α,β-unsaturated/α-hetero) is 1. The number of amides is 5. The Morgan fingerprint density at radius 3 is 2.12 bits per heavy atom. The number of nitrogens with zero attached hydrogens (tertiary/aromatic N) is 2. The molecule has 1 N–H and O–H groups in total. The van der Waals surface area contributed by atoms with Gasteiger partial charge in [-0.15, -0.1) is 0 Å². The van der Waals surface area contributed by atoms with Crippen molar-refractivity contribution >= 4 is 29.5 Å². The van der Waals surface area contributed by atoms with E-state index in [0.29, 0.717) is 17.0 Å². The Labute approximate surface area is 144 Å². The lowest BCUT2D eigenvalue weighted by atomic mass is 10.1. The van der Waals surface area contributed by atoms with Crippen LogP contribution in [0.2, 0.25) is 0 Å². The third-order valence-corrected chi connectivity index (χ3v) is 3.72. The molecule has 1 aromatic carbocycles. The Bertz CT molecular complexity index is 739. The zero-order chi connectivity index (χ0) is 18.7. The highest BCUT2D eigenvalue weighted by atomic mass is 16.2. The van der Waals surface area contributed by atoms with Crippen LogP contribution in [0.3, 0.4) is 0 Å². The molecule has 0 bridgehead atoms. The molecule has 25 heavy (non-hydrogen) atoms. The fourth-order valence-electron chi connectivity index (χ4n) is 2.39. The molecule has 0 spiro atoms. The van der Waals surface area contributed by atoms with Gasteiger partial charge in [0, 0.05) is 25.1 Å². The van der Waals surface area contributed by atoms with Crippen LogP contribution < -0.4 is 5.32 Å². The van der Waals surface area contributed by atoms with E-state index in [1.54, 1.807) is 38.1 Å². The van der Waals surface area contributed by atoms with E-state index in [1.807, 2.05) is 0 Å². The first-order valence-electron chi connectivity index (χ1n) is 7.78. The first-order valence-corrected chi connectivity index (χ1v) is 7.78. The average molecular weight is 345 g/mol. The summed E-state index contributed by atoms with van der Waals surface area (Å²) in [6.45, 7) is 4.48. The molecule has 1 aliphatic rings. The Morgan fingerprint density at radius 1 is 1.04 bits per heavy atom. The second kappa shape index (κ2) is 7.25. The van der Waals surface area contributed by atoms with Crippen molar-refractivity contribution in [1.29, 1.82) is 0 Å². The number of carbonyl (C=O) groups excluding carboxylic acids is 5. The fourth-order valence-corrected chi connectivity index (χ4v) is 2.39. The second-order valence-electron chi connectivity index (χ2n) is 5.97. The van der Waals surface area contributed by atoms with Crippen molar-refractivity contribution in [3.8, 4) is 0 Å². The van der Waals surface area contributed by atoms with Gasteiger partial charge in [0.1, 0.15) is 0 Å². The molecule has 8 heteroatoms. The molecule has 1 saturated heterocycles. The van der Waals surface area contributed by atoms with Crippen LogP contribution in [0, 0.1) is 0 Å². The summed E-state index contributed by atoms with van der Waals surface area (Å²) in [7, 11) is 0. The summed E-state index contributed by atoms with van der Waals surface area (Å²) < 4.78 is 0. The average Bonchev–Trinajstić information content (AvgIpc) is 2.76. The smallest absolute Gasteiger partial charge is 0.334 e. The van der Waals surface area contributed by atoms with E-state index >= 15 is 0 Å².